The maximum Gasteiger partial charge on any atom is 0.134 e. The molecule has 1 saturated carbocycles. The summed E-state index contributed by atoms with van der Waals surface area (Å²) in [5, 5.41) is 5.78. The standard InChI is InChI=1S/C23H32N2O2S/c1-2-26-19-8-16-28-20(19)17-24-14-11-22(21-7-3-6-13-25-21)12-15-27-23(18-22)9-4-5-10-23/h3,6-8,13,16,24H,2,4-5,9-12,14-15,17-18H2,1H3/t22-/m1/s1. The van der Waals surface area contributed by atoms with Gasteiger partial charge in [0.1, 0.15) is 5.75 Å². The van der Waals surface area contributed by atoms with Crippen molar-refractivity contribution in [3.8, 4) is 5.75 Å². The molecule has 1 aliphatic carbocycles. The molecule has 0 amide bonds. The third kappa shape index (κ3) is 4.27. The molecule has 0 aromatic carbocycles. The van der Waals surface area contributed by atoms with Crippen LogP contribution in [-0.4, -0.2) is 30.3 Å². The summed E-state index contributed by atoms with van der Waals surface area (Å²) in [4.78, 5) is 6.08. The predicted molar refractivity (Wildman–Crippen MR) is 114 cm³/mol. The molecule has 28 heavy (non-hydrogen) atoms. The van der Waals surface area contributed by atoms with Gasteiger partial charge in [-0.25, -0.2) is 0 Å². The quantitative estimate of drug-likeness (QED) is 0.627. The van der Waals surface area contributed by atoms with E-state index in [1.54, 1.807) is 11.3 Å². The molecule has 0 unspecified atom stereocenters. The number of thiophene rings is 1. The van der Waals surface area contributed by atoms with E-state index in [2.05, 4.69) is 28.9 Å². The zero-order chi connectivity index (χ0) is 19.3. The molecule has 1 N–H and O–H groups in total. The molecule has 0 radical (unpaired) electrons. The lowest BCUT2D eigenvalue weighted by atomic mass is 9.68. The Morgan fingerprint density at radius 2 is 2.11 bits per heavy atom. The zero-order valence-electron chi connectivity index (χ0n) is 16.9. The van der Waals surface area contributed by atoms with Crippen molar-refractivity contribution in [2.45, 2.75) is 69.4 Å². The van der Waals surface area contributed by atoms with E-state index in [9.17, 15) is 0 Å². The van der Waals surface area contributed by atoms with Crippen molar-refractivity contribution in [3.63, 3.8) is 0 Å². The smallest absolute Gasteiger partial charge is 0.134 e. The Labute approximate surface area is 172 Å². The maximum atomic E-state index is 6.35. The van der Waals surface area contributed by atoms with Crippen LogP contribution in [0.15, 0.2) is 35.8 Å². The van der Waals surface area contributed by atoms with E-state index in [4.69, 9.17) is 14.5 Å². The highest BCUT2D eigenvalue weighted by Crippen LogP contribution is 2.49. The van der Waals surface area contributed by atoms with Gasteiger partial charge in [0, 0.05) is 30.5 Å². The molecule has 4 nitrogen and oxygen atoms in total. The molecule has 2 aliphatic rings. The second kappa shape index (κ2) is 8.93. The molecule has 2 fully saturated rings. The Balaban J connectivity index is 1.44. The van der Waals surface area contributed by atoms with Crippen LogP contribution in [0.5, 0.6) is 5.75 Å². The summed E-state index contributed by atoms with van der Waals surface area (Å²) < 4.78 is 12.1. The van der Waals surface area contributed by atoms with E-state index >= 15 is 0 Å². The molecular formula is C23H32N2O2S. The molecule has 1 saturated heterocycles. The van der Waals surface area contributed by atoms with Crippen LogP contribution >= 0.6 is 11.3 Å². The van der Waals surface area contributed by atoms with Crippen molar-refractivity contribution in [1.29, 1.82) is 0 Å². The zero-order valence-corrected chi connectivity index (χ0v) is 17.7. The van der Waals surface area contributed by atoms with Crippen LogP contribution in [0.1, 0.15) is 62.4 Å². The Morgan fingerprint density at radius 1 is 1.21 bits per heavy atom. The monoisotopic (exact) mass is 400 g/mol. The third-order valence-electron chi connectivity index (χ3n) is 6.44. The summed E-state index contributed by atoms with van der Waals surface area (Å²) in [5.41, 5.74) is 1.46. The van der Waals surface area contributed by atoms with Crippen LogP contribution in [-0.2, 0) is 16.7 Å². The first-order valence-electron chi connectivity index (χ1n) is 10.7. The lowest BCUT2D eigenvalue weighted by Gasteiger charge is -2.46. The third-order valence-corrected chi connectivity index (χ3v) is 7.34. The van der Waals surface area contributed by atoms with Crippen molar-refractivity contribution in [2.75, 3.05) is 19.8 Å². The Hall–Kier alpha value is -1.43. The van der Waals surface area contributed by atoms with Crippen LogP contribution in [0.3, 0.4) is 0 Å². The SMILES string of the molecule is CCOc1ccsc1CNCC[C@@]1(c2ccccn2)CCOC2(CCCC2)C1. The first-order chi connectivity index (χ1) is 13.8. The van der Waals surface area contributed by atoms with E-state index in [-0.39, 0.29) is 11.0 Å². The molecule has 0 bridgehead atoms. The highest BCUT2D eigenvalue weighted by atomic mass is 32.1. The van der Waals surface area contributed by atoms with E-state index in [1.165, 1.54) is 36.3 Å². The highest BCUT2D eigenvalue weighted by molar-refractivity contribution is 7.10. The van der Waals surface area contributed by atoms with Gasteiger partial charge < -0.3 is 14.8 Å². The van der Waals surface area contributed by atoms with Crippen LogP contribution in [0.4, 0.5) is 0 Å². The lowest BCUT2D eigenvalue weighted by molar-refractivity contribution is -0.104. The summed E-state index contributed by atoms with van der Waals surface area (Å²) >= 11 is 1.77. The van der Waals surface area contributed by atoms with E-state index in [1.807, 2.05) is 19.2 Å². The van der Waals surface area contributed by atoms with Gasteiger partial charge in [-0.05, 0) is 69.2 Å². The maximum absolute atomic E-state index is 6.35. The largest absolute Gasteiger partial charge is 0.493 e. The van der Waals surface area contributed by atoms with Crippen molar-refractivity contribution in [3.05, 3.63) is 46.4 Å². The van der Waals surface area contributed by atoms with Crippen LogP contribution in [0.2, 0.25) is 0 Å². The van der Waals surface area contributed by atoms with Crippen LogP contribution < -0.4 is 10.1 Å². The van der Waals surface area contributed by atoms with Crippen molar-refractivity contribution < 1.29 is 9.47 Å². The summed E-state index contributed by atoms with van der Waals surface area (Å²) in [6.07, 6.45) is 10.2. The average Bonchev–Trinajstić information content (AvgIpc) is 3.36. The van der Waals surface area contributed by atoms with Crippen molar-refractivity contribution >= 4 is 11.3 Å². The van der Waals surface area contributed by atoms with E-state index in [0.29, 0.717) is 6.61 Å². The molecule has 152 valence electrons. The molecule has 2 aromatic heterocycles. The van der Waals surface area contributed by atoms with Gasteiger partial charge >= 0.3 is 0 Å². The molecule has 3 heterocycles. The molecule has 2 aromatic rings. The topological polar surface area (TPSA) is 43.4 Å². The molecule has 5 heteroatoms. The molecule has 1 spiro atoms. The lowest BCUT2D eigenvalue weighted by Crippen LogP contribution is -2.47. The van der Waals surface area contributed by atoms with Gasteiger partial charge in [-0.1, -0.05) is 18.9 Å². The van der Waals surface area contributed by atoms with E-state index < -0.39 is 0 Å². The fourth-order valence-electron chi connectivity index (χ4n) is 5.07. The van der Waals surface area contributed by atoms with E-state index in [0.717, 1.165) is 44.7 Å². The number of ether oxygens (including phenoxy) is 2. The minimum atomic E-state index is 0.0889. The first-order valence-corrected chi connectivity index (χ1v) is 11.6. The summed E-state index contributed by atoms with van der Waals surface area (Å²) in [6.45, 7) is 5.46. The number of rotatable bonds is 8. The molecule has 1 aliphatic heterocycles. The van der Waals surface area contributed by atoms with Gasteiger partial charge in [0.15, 0.2) is 0 Å². The Morgan fingerprint density at radius 3 is 2.89 bits per heavy atom. The van der Waals surface area contributed by atoms with Gasteiger partial charge in [-0.2, -0.15) is 0 Å². The average molecular weight is 401 g/mol. The number of aromatic nitrogens is 1. The van der Waals surface area contributed by atoms with Gasteiger partial charge in [0.25, 0.3) is 0 Å². The number of pyridine rings is 1. The van der Waals surface area contributed by atoms with Crippen LogP contribution in [0.25, 0.3) is 0 Å². The number of nitrogens with zero attached hydrogens (tertiary/aromatic N) is 1. The normalized spacial score (nSPS) is 23.9. The minimum Gasteiger partial charge on any atom is -0.493 e. The van der Waals surface area contributed by atoms with Crippen molar-refractivity contribution in [2.24, 2.45) is 0 Å². The summed E-state index contributed by atoms with van der Waals surface area (Å²) in [7, 11) is 0. The minimum absolute atomic E-state index is 0.0889. The van der Waals surface area contributed by atoms with Gasteiger partial charge in [-0.15, -0.1) is 11.3 Å². The molecule has 1 atom stereocenters. The molecular weight excluding hydrogens is 368 g/mol. The van der Waals surface area contributed by atoms with Gasteiger partial charge in [-0.3, -0.25) is 4.98 Å². The predicted octanol–water partition coefficient (Wildman–Crippen LogP) is 5.08. The molecule has 4 rings (SSSR count). The van der Waals surface area contributed by atoms with Gasteiger partial charge in [0.05, 0.1) is 17.1 Å². The highest BCUT2D eigenvalue weighted by Gasteiger charge is 2.48. The number of nitrogens with one attached hydrogen (secondary N) is 1. The first kappa shape index (κ1) is 19.9. The van der Waals surface area contributed by atoms with Crippen LogP contribution in [0, 0.1) is 0 Å². The Kier molecular flexibility index (Phi) is 6.34. The summed E-state index contributed by atoms with van der Waals surface area (Å²) in [6, 6.07) is 8.45. The number of hydrogen-bond acceptors (Lipinski definition) is 5. The number of hydrogen-bond donors (Lipinski definition) is 1. The second-order valence-electron chi connectivity index (χ2n) is 8.23. The second-order valence-corrected chi connectivity index (χ2v) is 9.23. The fourth-order valence-corrected chi connectivity index (χ4v) is 5.85. The van der Waals surface area contributed by atoms with Crippen molar-refractivity contribution in [1.82, 2.24) is 10.3 Å². The summed E-state index contributed by atoms with van der Waals surface area (Å²) in [5.74, 6) is 1.02. The fraction of sp³-hybridized carbons (Fsp3) is 0.609. The Bertz CT molecular complexity index is 742. The van der Waals surface area contributed by atoms with Gasteiger partial charge in [0.2, 0.25) is 0 Å².